The fraction of sp³-hybridized carbons (Fsp3) is 0.207. The quantitative estimate of drug-likeness (QED) is 0.322. The van der Waals surface area contributed by atoms with Gasteiger partial charge in [-0.3, -0.25) is 9.36 Å². The Kier molecular flexibility index (Phi) is 6.19. The van der Waals surface area contributed by atoms with Gasteiger partial charge < -0.3 is 11.1 Å². The highest BCUT2D eigenvalue weighted by Gasteiger charge is 2.24. The number of nitrogens with one attached hydrogen (secondary N) is 1. The summed E-state index contributed by atoms with van der Waals surface area (Å²) in [5, 5.41) is 3.01. The molecule has 1 amide bonds. The third-order valence-corrected chi connectivity index (χ3v) is 6.31. The molecule has 0 unspecified atom stereocenters. The number of nitrogens with zero attached hydrogens (tertiary/aromatic N) is 3. The van der Waals surface area contributed by atoms with Gasteiger partial charge in [0.25, 0.3) is 5.91 Å². The predicted molar refractivity (Wildman–Crippen MR) is 142 cm³/mol. The number of carbonyl (C=O) groups is 1. The number of hydrogen-bond acceptors (Lipinski definition) is 4. The van der Waals surface area contributed by atoms with Crippen molar-refractivity contribution in [3.8, 4) is 5.69 Å². The number of unbranched alkanes of at least 4 members (excludes halogenated alkanes) is 1. The molecule has 0 saturated carbocycles. The summed E-state index contributed by atoms with van der Waals surface area (Å²) in [6.45, 7) is 4.63. The van der Waals surface area contributed by atoms with Gasteiger partial charge in [-0.15, -0.1) is 0 Å². The molecule has 0 aliphatic heterocycles. The zero-order valence-corrected chi connectivity index (χ0v) is 20.1. The van der Waals surface area contributed by atoms with E-state index in [-0.39, 0.29) is 5.91 Å². The van der Waals surface area contributed by atoms with Crippen LogP contribution >= 0.6 is 0 Å². The average Bonchev–Trinajstić information content (AvgIpc) is 3.16. The van der Waals surface area contributed by atoms with Crippen LogP contribution in [0.5, 0.6) is 0 Å². The summed E-state index contributed by atoms with van der Waals surface area (Å²) in [6.07, 6.45) is 3.34. The summed E-state index contributed by atoms with van der Waals surface area (Å²) in [4.78, 5) is 23.1. The number of benzene rings is 3. The van der Waals surface area contributed by atoms with Crippen LogP contribution in [0.2, 0.25) is 0 Å². The number of hydrogen-bond donors (Lipinski definition) is 2. The van der Waals surface area contributed by atoms with Crippen LogP contribution in [0.3, 0.4) is 0 Å². The fourth-order valence-electron chi connectivity index (χ4n) is 4.32. The molecule has 6 heteroatoms. The van der Waals surface area contributed by atoms with Crippen molar-refractivity contribution in [3.05, 3.63) is 95.1 Å². The largest absolute Gasteiger partial charge is 0.384 e. The average molecular weight is 464 g/mol. The number of amides is 1. The monoisotopic (exact) mass is 463 g/mol. The maximum atomic E-state index is 13.4. The highest BCUT2D eigenvalue weighted by Crippen LogP contribution is 2.31. The Balaban J connectivity index is 1.59. The van der Waals surface area contributed by atoms with Gasteiger partial charge in [0.05, 0.1) is 11.0 Å². The van der Waals surface area contributed by atoms with Gasteiger partial charge in [0, 0.05) is 12.2 Å². The zero-order chi connectivity index (χ0) is 24.4. The number of rotatable bonds is 7. The Morgan fingerprint density at radius 2 is 1.57 bits per heavy atom. The molecule has 176 valence electrons. The van der Waals surface area contributed by atoms with Crippen molar-refractivity contribution in [1.82, 2.24) is 19.9 Å². The number of nitrogen functional groups attached to an aromatic ring is 1. The second kappa shape index (κ2) is 9.58. The predicted octanol–water partition coefficient (Wildman–Crippen LogP) is 5.74. The molecule has 3 aromatic carbocycles. The smallest absolute Gasteiger partial charge is 0.257 e. The molecule has 0 aliphatic carbocycles. The Bertz CT molecular complexity index is 1500. The molecule has 0 saturated heterocycles. The normalized spacial score (nSPS) is 11.3. The molecule has 6 nitrogen and oxygen atoms in total. The molecule has 2 heterocycles. The van der Waals surface area contributed by atoms with E-state index < -0.39 is 0 Å². The number of carbonyl (C=O) groups excluding carboxylic acids is 1. The van der Waals surface area contributed by atoms with Gasteiger partial charge in [-0.25, -0.2) is 9.97 Å². The van der Waals surface area contributed by atoms with E-state index in [1.54, 1.807) is 0 Å². The number of anilines is 1. The van der Waals surface area contributed by atoms with Crippen molar-refractivity contribution in [2.24, 2.45) is 0 Å². The fourth-order valence-corrected chi connectivity index (χ4v) is 4.32. The number of nitrogens with two attached hydrogens (primary N) is 1. The minimum Gasteiger partial charge on any atom is -0.384 e. The first-order valence-corrected chi connectivity index (χ1v) is 12.0. The number of para-hydroxylation sites is 2. The van der Waals surface area contributed by atoms with Crippen LogP contribution < -0.4 is 11.1 Å². The van der Waals surface area contributed by atoms with E-state index >= 15 is 0 Å². The van der Waals surface area contributed by atoms with Crippen LogP contribution in [0.4, 0.5) is 5.82 Å². The third kappa shape index (κ3) is 4.47. The summed E-state index contributed by atoms with van der Waals surface area (Å²) in [5.74, 6) is 0.0639. The first-order valence-electron chi connectivity index (χ1n) is 12.0. The molecule has 0 fully saturated rings. The Morgan fingerprint density at radius 3 is 2.26 bits per heavy atom. The van der Waals surface area contributed by atoms with Gasteiger partial charge in [0.15, 0.2) is 5.65 Å². The van der Waals surface area contributed by atoms with Crippen LogP contribution in [-0.4, -0.2) is 20.4 Å². The first kappa shape index (κ1) is 22.6. The van der Waals surface area contributed by atoms with E-state index in [0.29, 0.717) is 29.1 Å². The third-order valence-electron chi connectivity index (χ3n) is 6.31. The van der Waals surface area contributed by atoms with E-state index in [1.165, 1.54) is 11.1 Å². The van der Waals surface area contributed by atoms with Gasteiger partial charge in [-0.2, -0.15) is 0 Å². The summed E-state index contributed by atoms with van der Waals surface area (Å²) < 4.78 is 1.83. The van der Waals surface area contributed by atoms with E-state index in [0.717, 1.165) is 41.5 Å². The van der Waals surface area contributed by atoms with Crippen LogP contribution in [0, 0.1) is 6.92 Å². The van der Waals surface area contributed by atoms with E-state index in [4.69, 9.17) is 15.7 Å². The van der Waals surface area contributed by atoms with Crippen molar-refractivity contribution in [3.63, 3.8) is 0 Å². The Labute approximate surface area is 204 Å². The Morgan fingerprint density at radius 1 is 0.914 bits per heavy atom. The van der Waals surface area contributed by atoms with Crippen molar-refractivity contribution in [1.29, 1.82) is 0 Å². The molecule has 2 aromatic heterocycles. The molecule has 5 rings (SSSR count). The highest BCUT2D eigenvalue weighted by molar-refractivity contribution is 6.11. The van der Waals surface area contributed by atoms with Crippen LogP contribution in [-0.2, 0) is 13.0 Å². The van der Waals surface area contributed by atoms with Crippen molar-refractivity contribution in [2.75, 3.05) is 5.73 Å². The lowest BCUT2D eigenvalue weighted by atomic mass is 10.1. The Hall–Kier alpha value is -4.19. The second-order valence-electron chi connectivity index (χ2n) is 8.92. The van der Waals surface area contributed by atoms with Gasteiger partial charge in [0.1, 0.15) is 16.9 Å². The molecule has 3 N–H and O–H groups in total. The van der Waals surface area contributed by atoms with E-state index in [2.05, 4.69) is 24.4 Å². The van der Waals surface area contributed by atoms with E-state index in [9.17, 15) is 4.79 Å². The van der Waals surface area contributed by atoms with Crippen LogP contribution in [0.25, 0.3) is 27.9 Å². The summed E-state index contributed by atoms with van der Waals surface area (Å²) >= 11 is 0. The lowest BCUT2D eigenvalue weighted by Crippen LogP contribution is -2.24. The number of fused-ring (bicyclic) bond motifs is 2. The van der Waals surface area contributed by atoms with Gasteiger partial charge in [-0.1, -0.05) is 67.4 Å². The SMILES string of the molecule is CCCCc1ccc(-n2c(N)c(C(=O)NCc3ccc(C)cc3)c3nc4ccccc4nc32)cc1. The molecule has 0 atom stereocenters. The molecule has 0 spiro atoms. The minimum absolute atomic E-state index is 0.268. The minimum atomic E-state index is -0.268. The lowest BCUT2D eigenvalue weighted by molar-refractivity contribution is 0.0953. The molecule has 0 bridgehead atoms. The van der Waals surface area contributed by atoms with Gasteiger partial charge >= 0.3 is 0 Å². The lowest BCUT2D eigenvalue weighted by Gasteiger charge is -2.09. The molecule has 0 aliphatic rings. The standard InChI is InChI=1S/C29H29N5O/c1-3-4-7-20-14-16-22(17-15-20)34-27(30)25(29(35)31-18-21-12-10-19(2)11-13-21)26-28(34)33-24-9-6-5-8-23(24)32-26/h5-6,8-17H,3-4,7,18,30H2,1-2H3,(H,31,35). The maximum absolute atomic E-state index is 13.4. The van der Waals surface area contributed by atoms with Gasteiger partial charge in [-0.05, 0) is 55.2 Å². The molecular weight excluding hydrogens is 434 g/mol. The summed E-state index contributed by atoms with van der Waals surface area (Å²) in [7, 11) is 0. The summed E-state index contributed by atoms with van der Waals surface area (Å²) in [6, 6.07) is 24.0. The first-order chi connectivity index (χ1) is 17.0. The van der Waals surface area contributed by atoms with Crippen LogP contribution in [0.1, 0.15) is 46.8 Å². The summed E-state index contributed by atoms with van der Waals surface area (Å²) in [5.41, 5.74) is 13.9. The van der Waals surface area contributed by atoms with Gasteiger partial charge in [0.2, 0.25) is 0 Å². The van der Waals surface area contributed by atoms with Crippen LogP contribution in [0.15, 0.2) is 72.8 Å². The molecule has 0 radical (unpaired) electrons. The highest BCUT2D eigenvalue weighted by atomic mass is 16.1. The topological polar surface area (TPSA) is 85.8 Å². The van der Waals surface area contributed by atoms with Crippen molar-refractivity contribution in [2.45, 2.75) is 39.7 Å². The molecule has 35 heavy (non-hydrogen) atoms. The number of aromatic nitrogens is 3. The number of aryl methyl sites for hydroxylation is 2. The zero-order valence-electron chi connectivity index (χ0n) is 20.1. The molecular formula is C29H29N5O. The van der Waals surface area contributed by atoms with Crippen molar-refractivity contribution < 1.29 is 4.79 Å². The van der Waals surface area contributed by atoms with Crippen molar-refractivity contribution >= 4 is 33.9 Å². The second-order valence-corrected chi connectivity index (χ2v) is 8.92. The van der Waals surface area contributed by atoms with E-state index in [1.807, 2.05) is 72.2 Å². The molecule has 5 aromatic rings. The maximum Gasteiger partial charge on any atom is 0.257 e.